The van der Waals surface area contributed by atoms with Crippen LogP contribution in [-0.4, -0.2) is 56.3 Å². The minimum absolute atomic E-state index is 0.129. The summed E-state index contributed by atoms with van der Waals surface area (Å²) in [6, 6.07) is 15.8. The van der Waals surface area contributed by atoms with Crippen LogP contribution in [0.25, 0.3) is 22.1 Å². The van der Waals surface area contributed by atoms with E-state index in [1.807, 2.05) is 12.1 Å². The molecule has 5 aromatic rings. The Hall–Kier alpha value is -3.79. The number of aromatic carboxylic acids is 1. The first-order valence-electron chi connectivity index (χ1n) is 14.3. The average Bonchev–Trinajstić information content (AvgIpc) is 3.52. The van der Waals surface area contributed by atoms with E-state index < -0.39 is 5.97 Å². The Morgan fingerprint density at radius 3 is 2.64 bits per heavy atom. The molecule has 0 amide bonds. The molecule has 7 rings (SSSR count). The molecule has 2 fully saturated rings. The number of carboxylic acid groups (broad SMARTS) is 1. The van der Waals surface area contributed by atoms with Crippen LogP contribution in [0.2, 0.25) is 5.02 Å². The minimum atomic E-state index is -0.945. The van der Waals surface area contributed by atoms with Gasteiger partial charge in [0.2, 0.25) is 0 Å². The van der Waals surface area contributed by atoms with Gasteiger partial charge >= 0.3 is 5.97 Å². The van der Waals surface area contributed by atoms with Gasteiger partial charge in [0.15, 0.2) is 11.5 Å². The number of likely N-dealkylation sites (tertiary alicyclic amines) is 1. The van der Waals surface area contributed by atoms with E-state index in [9.17, 15) is 14.3 Å². The number of ether oxygens (including phenoxy) is 1. The number of imidazole rings is 1. The monoisotopic (exact) mass is 588 g/mol. The van der Waals surface area contributed by atoms with E-state index in [4.69, 9.17) is 30.7 Å². The molecule has 0 spiro atoms. The molecular weight excluding hydrogens is 559 g/mol. The van der Waals surface area contributed by atoms with Crippen LogP contribution in [0.3, 0.4) is 0 Å². The lowest BCUT2D eigenvalue weighted by atomic mass is 9.88. The highest BCUT2D eigenvalue weighted by Crippen LogP contribution is 2.34. The van der Waals surface area contributed by atoms with E-state index in [1.165, 1.54) is 6.07 Å². The summed E-state index contributed by atoms with van der Waals surface area (Å²) in [7, 11) is 0. The number of benzene rings is 3. The lowest BCUT2D eigenvalue weighted by Gasteiger charge is -2.32. The number of halogens is 2. The Morgan fingerprint density at radius 1 is 1.07 bits per heavy atom. The fraction of sp³-hybridized carbons (Fsp3) is 0.344. The zero-order valence-corrected chi connectivity index (χ0v) is 23.7. The van der Waals surface area contributed by atoms with E-state index in [1.54, 1.807) is 30.3 Å². The molecule has 2 aliphatic rings. The molecule has 2 saturated heterocycles. The Labute approximate surface area is 246 Å². The van der Waals surface area contributed by atoms with Crippen LogP contribution in [0.5, 0.6) is 0 Å². The highest BCUT2D eigenvalue weighted by molar-refractivity contribution is 6.30. The maximum absolute atomic E-state index is 14.4. The quantitative estimate of drug-likeness (QED) is 0.223. The number of oxazole rings is 1. The van der Waals surface area contributed by atoms with Crippen LogP contribution in [0, 0.1) is 5.82 Å². The van der Waals surface area contributed by atoms with Crippen molar-refractivity contribution in [1.82, 2.24) is 19.4 Å². The van der Waals surface area contributed by atoms with Crippen LogP contribution < -0.4 is 0 Å². The number of hydrogen-bond donors (Lipinski definition) is 1. The Bertz CT molecular complexity index is 1790. The molecule has 10 heteroatoms. The lowest BCUT2D eigenvalue weighted by molar-refractivity contribution is -0.0592. The van der Waals surface area contributed by atoms with Gasteiger partial charge in [0.05, 0.1) is 42.2 Å². The summed E-state index contributed by atoms with van der Waals surface area (Å²) in [6.07, 6.45) is 3.30. The summed E-state index contributed by atoms with van der Waals surface area (Å²) >= 11 is 5.91. The molecule has 0 saturated carbocycles. The van der Waals surface area contributed by atoms with Crippen molar-refractivity contribution in [2.75, 3.05) is 19.7 Å². The lowest BCUT2D eigenvalue weighted by Crippen LogP contribution is -2.35. The summed E-state index contributed by atoms with van der Waals surface area (Å²) in [5, 5.41) is 9.88. The van der Waals surface area contributed by atoms with Gasteiger partial charge in [0.1, 0.15) is 17.2 Å². The van der Waals surface area contributed by atoms with Gasteiger partial charge in [-0.15, -0.1) is 0 Å². The summed E-state index contributed by atoms with van der Waals surface area (Å²) in [5.74, 6) is 0.430. The molecule has 0 bridgehead atoms. The van der Waals surface area contributed by atoms with Crippen molar-refractivity contribution >= 4 is 39.7 Å². The molecule has 0 aliphatic carbocycles. The molecule has 3 aromatic carbocycles. The van der Waals surface area contributed by atoms with E-state index in [0.29, 0.717) is 41.1 Å². The largest absolute Gasteiger partial charge is 0.478 e. The predicted octanol–water partition coefficient (Wildman–Crippen LogP) is 6.43. The first kappa shape index (κ1) is 27.1. The third-order valence-corrected chi connectivity index (χ3v) is 8.73. The normalized spacial score (nSPS) is 18.1. The number of carboxylic acids is 1. The third kappa shape index (κ3) is 5.28. The molecule has 216 valence electrons. The molecule has 1 unspecified atom stereocenters. The fourth-order valence-electron chi connectivity index (χ4n) is 6.11. The van der Waals surface area contributed by atoms with Crippen LogP contribution in [0.1, 0.15) is 58.4 Å². The molecule has 42 heavy (non-hydrogen) atoms. The van der Waals surface area contributed by atoms with Gasteiger partial charge in [-0.1, -0.05) is 29.8 Å². The summed E-state index contributed by atoms with van der Waals surface area (Å²) in [6.45, 7) is 3.90. The summed E-state index contributed by atoms with van der Waals surface area (Å²) in [4.78, 5) is 23.7. The number of aromatic nitrogens is 3. The number of rotatable bonds is 8. The van der Waals surface area contributed by atoms with Crippen molar-refractivity contribution in [3.05, 3.63) is 93.8 Å². The van der Waals surface area contributed by atoms with Gasteiger partial charge in [-0.3, -0.25) is 4.90 Å². The summed E-state index contributed by atoms with van der Waals surface area (Å²) in [5.41, 5.74) is 5.11. The molecule has 8 nitrogen and oxygen atoms in total. The topological polar surface area (TPSA) is 93.6 Å². The molecule has 0 radical (unpaired) electrons. The number of hydrogen-bond acceptors (Lipinski definition) is 6. The smallest absolute Gasteiger partial charge is 0.335 e. The van der Waals surface area contributed by atoms with Gasteiger partial charge in [0, 0.05) is 11.6 Å². The highest BCUT2D eigenvalue weighted by atomic mass is 35.5. The summed E-state index contributed by atoms with van der Waals surface area (Å²) < 4.78 is 28.2. The van der Waals surface area contributed by atoms with Gasteiger partial charge in [-0.2, -0.15) is 0 Å². The predicted molar refractivity (Wildman–Crippen MR) is 157 cm³/mol. The Kier molecular flexibility index (Phi) is 7.17. The second-order valence-electron chi connectivity index (χ2n) is 11.2. The van der Waals surface area contributed by atoms with E-state index >= 15 is 0 Å². The minimum Gasteiger partial charge on any atom is -0.478 e. The fourth-order valence-corrected chi connectivity index (χ4v) is 6.27. The van der Waals surface area contributed by atoms with Crippen molar-refractivity contribution in [3.8, 4) is 0 Å². The highest BCUT2D eigenvalue weighted by Gasteiger charge is 2.27. The van der Waals surface area contributed by atoms with Crippen molar-refractivity contribution in [2.24, 2.45) is 0 Å². The molecule has 2 aromatic heterocycles. The van der Waals surface area contributed by atoms with Gasteiger partial charge in [-0.05, 0) is 85.8 Å². The van der Waals surface area contributed by atoms with Gasteiger partial charge in [-0.25, -0.2) is 19.2 Å². The first-order valence-corrected chi connectivity index (χ1v) is 14.7. The number of piperidine rings is 1. The van der Waals surface area contributed by atoms with Crippen molar-refractivity contribution in [3.63, 3.8) is 0 Å². The van der Waals surface area contributed by atoms with E-state index in [-0.39, 0.29) is 23.9 Å². The number of carbonyl (C=O) groups is 1. The second-order valence-corrected chi connectivity index (χ2v) is 11.6. The molecule has 4 heterocycles. The SMILES string of the molecule is O=C(O)c1ccc2nc(CN3CCC(c4cccc5oc(Cc6ccc(Cl)cc6F)nc45)CC3)n(CC3CCO3)c2c1. The maximum Gasteiger partial charge on any atom is 0.335 e. The van der Waals surface area contributed by atoms with Crippen molar-refractivity contribution < 1.29 is 23.4 Å². The first-order chi connectivity index (χ1) is 20.4. The van der Waals surface area contributed by atoms with Crippen molar-refractivity contribution in [2.45, 2.75) is 50.8 Å². The zero-order chi connectivity index (χ0) is 28.8. The Balaban J connectivity index is 1.07. The van der Waals surface area contributed by atoms with Crippen LogP contribution in [-0.2, 0) is 24.2 Å². The molecular formula is C32H30ClFN4O4. The Morgan fingerprint density at radius 2 is 1.90 bits per heavy atom. The van der Waals surface area contributed by atoms with Crippen LogP contribution >= 0.6 is 11.6 Å². The van der Waals surface area contributed by atoms with Crippen LogP contribution in [0.15, 0.2) is 59.0 Å². The van der Waals surface area contributed by atoms with Gasteiger partial charge < -0.3 is 18.8 Å². The van der Waals surface area contributed by atoms with E-state index in [0.717, 1.165) is 66.9 Å². The number of fused-ring (bicyclic) bond motifs is 2. The molecule has 1 atom stereocenters. The second kappa shape index (κ2) is 11.1. The van der Waals surface area contributed by atoms with Crippen LogP contribution in [0.4, 0.5) is 4.39 Å². The molecule has 2 aliphatic heterocycles. The molecule has 1 N–H and O–H groups in total. The zero-order valence-electron chi connectivity index (χ0n) is 22.9. The number of para-hydroxylation sites is 1. The van der Waals surface area contributed by atoms with Crippen molar-refractivity contribution in [1.29, 1.82) is 0 Å². The standard InChI is InChI=1S/C32H30ClFN4O4/c33-22-6-4-20(25(34)16-22)15-30-36-31-24(2-1-3-28(31)42-30)19-8-11-37(12-9-19)18-29-35-26-7-5-21(32(39)40)14-27(26)38(29)17-23-10-13-41-23/h1-7,14,16,19,23H,8-13,15,17-18H2,(H,39,40). The maximum atomic E-state index is 14.4. The average molecular weight is 589 g/mol. The number of nitrogens with zero attached hydrogens (tertiary/aromatic N) is 4. The third-order valence-electron chi connectivity index (χ3n) is 8.50. The van der Waals surface area contributed by atoms with Gasteiger partial charge in [0.25, 0.3) is 0 Å². The van der Waals surface area contributed by atoms with E-state index in [2.05, 4.69) is 15.5 Å².